The molecule has 0 aliphatic carbocycles. The Bertz CT molecular complexity index is 1310. The van der Waals surface area contributed by atoms with Gasteiger partial charge in [-0.3, -0.25) is 0 Å². The van der Waals surface area contributed by atoms with Gasteiger partial charge in [0, 0.05) is 12.6 Å². The number of aromatic nitrogens is 2. The number of piperidine rings is 1. The van der Waals surface area contributed by atoms with Crippen molar-refractivity contribution in [3.05, 3.63) is 40.8 Å². The maximum Gasteiger partial charge on any atom is 0.348 e. The summed E-state index contributed by atoms with van der Waals surface area (Å²) in [6, 6.07) is 4.07. The second-order valence-electron chi connectivity index (χ2n) is 7.72. The highest BCUT2D eigenvalue weighted by atomic mass is 32.2. The lowest BCUT2D eigenvalue weighted by atomic mass is 10.1. The highest BCUT2D eigenvalue weighted by molar-refractivity contribution is 7.88. The molecular weight excluding hydrogens is 471 g/mol. The molecule has 0 bridgehead atoms. The number of aryl methyl sites for hydroxylation is 1. The van der Waals surface area contributed by atoms with Gasteiger partial charge in [0.1, 0.15) is 39.5 Å². The van der Waals surface area contributed by atoms with Gasteiger partial charge in [-0.15, -0.1) is 11.3 Å². The lowest BCUT2D eigenvalue weighted by Gasteiger charge is -2.31. The Kier molecular flexibility index (Phi) is 6.50. The number of carbonyl (C=O) groups is 1. The molecule has 1 fully saturated rings. The van der Waals surface area contributed by atoms with Gasteiger partial charge in [-0.05, 0) is 37.5 Å². The Balaban J connectivity index is 1.66. The van der Waals surface area contributed by atoms with Gasteiger partial charge in [0.25, 0.3) is 0 Å². The molecule has 1 aromatic carbocycles. The Labute approximate surface area is 194 Å². The van der Waals surface area contributed by atoms with Crippen molar-refractivity contribution in [3.63, 3.8) is 0 Å². The molecule has 1 saturated heterocycles. The van der Waals surface area contributed by atoms with E-state index < -0.39 is 27.9 Å². The molecule has 0 radical (unpaired) electrons. The summed E-state index contributed by atoms with van der Waals surface area (Å²) >= 11 is 1.20. The van der Waals surface area contributed by atoms with E-state index in [4.69, 9.17) is 9.47 Å². The first-order valence-corrected chi connectivity index (χ1v) is 12.8. The fraction of sp³-hybridized carbons (Fsp3) is 0.381. The number of sulfonamides is 1. The SMILES string of the molecule is COC(=O)c1sc2ncnc(Nc3ccc(F)cc3O[C@@H]3CCCN(S(C)(=O)=O)C3)c2c1C. The molecule has 176 valence electrons. The third-order valence-electron chi connectivity index (χ3n) is 5.40. The van der Waals surface area contributed by atoms with Crippen LogP contribution in [0.1, 0.15) is 28.1 Å². The van der Waals surface area contributed by atoms with Gasteiger partial charge >= 0.3 is 5.97 Å². The van der Waals surface area contributed by atoms with Crippen molar-refractivity contribution < 1.29 is 27.1 Å². The quantitative estimate of drug-likeness (QED) is 0.519. The van der Waals surface area contributed by atoms with Gasteiger partial charge in [-0.2, -0.15) is 4.31 Å². The van der Waals surface area contributed by atoms with Gasteiger partial charge in [-0.25, -0.2) is 27.6 Å². The zero-order valence-electron chi connectivity index (χ0n) is 18.3. The van der Waals surface area contributed by atoms with Crippen molar-refractivity contribution in [1.82, 2.24) is 14.3 Å². The Morgan fingerprint density at radius 3 is 2.85 bits per heavy atom. The zero-order valence-corrected chi connectivity index (χ0v) is 19.9. The minimum absolute atomic E-state index is 0.193. The number of thiophene rings is 1. The average molecular weight is 495 g/mol. The zero-order chi connectivity index (χ0) is 23.8. The van der Waals surface area contributed by atoms with Crippen LogP contribution in [0.3, 0.4) is 0 Å². The van der Waals surface area contributed by atoms with E-state index in [1.807, 2.05) is 0 Å². The van der Waals surface area contributed by atoms with Crippen LogP contribution in [0, 0.1) is 12.7 Å². The van der Waals surface area contributed by atoms with Gasteiger partial charge in [0.05, 0.1) is 31.0 Å². The number of benzene rings is 1. The normalized spacial score (nSPS) is 17.2. The molecule has 0 amide bonds. The predicted molar refractivity (Wildman–Crippen MR) is 123 cm³/mol. The van der Waals surface area contributed by atoms with Gasteiger partial charge in [-0.1, -0.05) is 0 Å². The first kappa shape index (κ1) is 23.3. The third-order valence-corrected chi connectivity index (χ3v) is 7.85. The molecule has 9 nitrogen and oxygen atoms in total. The van der Waals surface area contributed by atoms with Crippen molar-refractivity contribution in [3.8, 4) is 5.75 Å². The number of halogens is 1. The first-order chi connectivity index (χ1) is 15.7. The summed E-state index contributed by atoms with van der Waals surface area (Å²) in [6.07, 6.45) is 3.40. The van der Waals surface area contributed by atoms with E-state index in [0.717, 1.165) is 6.26 Å². The molecule has 1 aliphatic heterocycles. The smallest absolute Gasteiger partial charge is 0.348 e. The molecule has 2 aromatic heterocycles. The van der Waals surface area contributed by atoms with E-state index >= 15 is 0 Å². The number of carbonyl (C=O) groups excluding carboxylic acids is 1. The number of methoxy groups -OCH3 is 1. The molecule has 3 heterocycles. The summed E-state index contributed by atoms with van der Waals surface area (Å²) in [6.45, 7) is 2.41. The number of ether oxygens (including phenoxy) is 2. The van der Waals surface area contributed by atoms with E-state index in [9.17, 15) is 17.6 Å². The number of esters is 1. The van der Waals surface area contributed by atoms with E-state index in [1.54, 1.807) is 6.92 Å². The van der Waals surface area contributed by atoms with Crippen LogP contribution in [0.25, 0.3) is 10.2 Å². The van der Waals surface area contributed by atoms with Crippen molar-refractivity contribution in [1.29, 1.82) is 0 Å². The summed E-state index contributed by atoms with van der Waals surface area (Å²) in [5.41, 5.74) is 1.13. The number of hydrogen-bond acceptors (Lipinski definition) is 9. The molecular formula is C21H23FN4O5S2. The lowest BCUT2D eigenvalue weighted by molar-refractivity contribution is 0.0605. The van der Waals surface area contributed by atoms with Crippen LogP contribution in [0.15, 0.2) is 24.5 Å². The molecule has 4 rings (SSSR count). The van der Waals surface area contributed by atoms with Crippen LogP contribution >= 0.6 is 11.3 Å². The number of anilines is 2. The minimum Gasteiger partial charge on any atom is -0.487 e. The predicted octanol–water partition coefficient (Wildman–Crippen LogP) is 3.47. The average Bonchev–Trinajstić information content (AvgIpc) is 3.12. The molecule has 1 aliphatic rings. The van der Waals surface area contributed by atoms with Crippen LogP contribution in [-0.4, -0.2) is 61.2 Å². The van der Waals surface area contributed by atoms with Crippen molar-refractivity contribution in [2.75, 3.05) is 31.8 Å². The van der Waals surface area contributed by atoms with Crippen LogP contribution in [-0.2, 0) is 14.8 Å². The molecule has 0 saturated carbocycles. The number of hydrogen-bond donors (Lipinski definition) is 1. The fourth-order valence-electron chi connectivity index (χ4n) is 3.76. The Hall–Kier alpha value is -2.83. The lowest BCUT2D eigenvalue weighted by Crippen LogP contribution is -2.43. The highest BCUT2D eigenvalue weighted by Gasteiger charge is 2.28. The van der Waals surface area contributed by atoms with Crippen LogP contribution in [0.5, 0.6) is 5.75 Å². The summed E-state index contributed by atoms with van der Waals surface area (Å²) in [4.78, 5) is 21.7. The largest absolute Gasteiger partial charge is 0.487 e. The van der Waals surface area contributed by atoms with Crippen LogP contribution in [0.4, 0.5) is 15.9 Å². The Morgan fingerprint density at radius 2 is 2.12 bits per heavy atom. The van der Waals surface area contributed by atoms with Crippen molar-refractivity contribution in [2.24, 2.45) is 0 Å². The monoisotopic (exact) mass is 494 g/mol. The molecule has 33 heavy (non-hydrogen) atoms. The van der Waals surface area contributed by atoms with Crippen molar-refractivity contribution >= 4 is 49.1 Å². The van der Waals surface area contributed by atoms with Gasteiger partial charge in [0.2, 0.25) is 10.0 Å². The van der Waals surface area contributed by atoms with E-state index in [1.165, 1.54) is 47.3 Å². The van der Waals surface area contributed by atoms with Crippen molar-refractivity contribution in [2.45, 2.75) is 25.9 Å². The fourth-order valence-corrected chi connectivity index (χ4v) is 5.72. The number of nitrogens with one attached hydrogen (secondary N) is 1. The Morgan fingerprint density at radius 1 is 1.33 bits per heavy atom. The minimum atomic E-state index is -3.34. The highest BCUT2D eigenvalue weighted by Crippen LogP contribution is 2.37. The molecule has 1 atom stereocenters. The van der Waals surface area contributed by atoms with Crippen LogP contribution in [0.2, 0.25) is 0 Å². The maximum atomic E-state index is 14.1. The molecule has 3 aromatic rings. The number of fused-ring (bicyclic) bond motifs is 1. The summed E-state index contributed by atoms with van der Waals surface area (Å²) < 4.78 is 50.2. The first-order valence-electron chi connectivity index (χ1n) is 10.2. The third kappa shape index (κ3) is 4.92. The second-order valence-corrected chi connectivity index (χ2v) is 10.7. The second kappa shape index (κ2) is 9.20. The summed E-state index contributed by atoms with van der Waals surface area (Å²) in [5, 5.41) is 3.82. The van der Waals surface area contributed by atoms with E-state index in [-0.39, 0.29) is 12.3 Å². The number of nitrogens with zero attached hydrogens (tertiary/aromatic N) is 3. The molecule has 1 N–H and O–H groups in total. The number of rotatable bonds is 6. The molecule has 0 unspecified atom stereocenters. The summed E-state index contributed by atoms with van der Waals surface area (Å²) in [5.74, 6) is -0.274. The van der Waals surface area contributed by atoms with Gasteiger partial charge < -0.3 is 14.8 Å². The maximum absolute atomic E-state index is 14.1. The van der Waals surface area contributed by atoms with E-state index in [2.05, 4.69) is 15.3 Å². The molecule has 12 heteroatoms. The van der Waals surface area contributed by atoms with Gasteiger partial charge in [0.15, 0.2) is 0 Å². The molecule has 0 spiro atoms. The van der Waals surface area contributed by atoms with E-state index in [0.29, 0.717) is 51.5 Å². The standard InChI is InChI=1S/C21H23FN4O5S2/c1-12-17-19(23-11-24-20(17)32-18(12)21(27)30-2)25-15-7-6-13(22)9-16(15)31-14-5-4-8-26(10-14)33(3,28)29/h6-7,9,11,14H,4-5,8,10H2,1-3H3,(H,23,24,25)/t14-/m1/s1. The van der Waals surface area contributed by atoms with Crippen LogP contribution < -0.4 is 10.1 Å². The summed E-state index contributed by atoms with van der Waals surface area (Å²) in [7, 11) is -2.03. The topological polar surface area (TPSA) is 111 Å².